The predicted octanol–water partition coefficient (Wildman–Crippen LogP) is 2.21. The van der Waals surface area contributed by atoms with E-state index in [9.17, 15) is 0 Å². The van der Waals surface area contributed by atoms with Gasteiger partial charge >= 0.3 is 0 Å². The van der Waals surface area contributed by atoms with Crippen molar-refractivity contribution in [3.8, 4) is 5.75 Å². The Kier molecular flexibility index (Phi) is 2.52. The zero-order chi connectivity index (χ0) is 11.1. The Bertz CT molecular complexity index is 398. The van der Waals surface area contributed by atoms with E-state index in [2.05, 4.69) is 16.9 Å². The van der Waals surface area contributed by atoms with Crippen molar-refractivity contribution in [2.75, 3.05) is 13.7 Å². The maximum atomic E-state index is 5.93. The zero-order valence-corrected chi connectivity index (χ0v) is 10.0. The molecular weight excluding hydrogens is 224 g/mol. The van der Waals surface area contributed by atoms with E-state index in [0.717, 1.165) is 18.6 Å². The lowest BCUT2D eigenvalue weighted by Gasteiger charge is -2.22. The second-order valence-electron chi connectivity index (χ2n) is 4.72. The van der Waals surface area contributed by atoms with Crippen molar-refractivity contribution in [1.29, 1.82) is 0 Å². The lowest BCUT2D eigenvalue weighted by molar-refractivity contribution is 0.176. The van der Waals surface area contributed by atoms with Gasteiger partial charge in [-0.1, -0.05) is 11.6 Å². The number of likely N-dealkylation sites (N-methyl/N-ethyl adjacent to an activating group) is 1. The lowest BCUT2D eigenvalue weighted by Crippen LogP contribution is -2.33. The van der Waals surface area contributed by atoms with Crippen LogP contribution >= 0.6 is 11.6 Å². The Morgan fingerprint density at radius 2 is 2.44 bits per heavy atom. The van der Waals surface area contributed by atoms with Gasteiger partial charge in [0.15, 0.2) is 10.9 Å². The fourth-order valence-electron chi connectivity index (χ4n) is 2.62. The van der Waals surface area contributed by atoms with E-state index < -0.39 is 0 Å². The van der Waals surface area contributed by atoms with Gasteiger partial charge in [-0.05, 0) is 37.9 Å². The molecule has 0 amide bonds. The summed E-state index contributed by atoms with van der Waals surface area (Å²) in [6.07, 6.45) is 4.31. The van der Waals surface area contributed by atoms with Crippen LogP contribution in [0.2, 0.25) is 5.15 Å². The minimum Gasteiger partial charge on any atom is -0.489 e. The summed E-state index contributed by atoms with van der Waals surface area (Å²) in [6.45, 7) is 0.717. The third-order valence-corrected chi connectivity index (χ3v) is 4.00. The molecule has 0 aromatic carbocycles. The fourth-order valence-corrected chi connectivity index (χ4v) is 2.79. The molecule has 3 unspecified atom stereocenters. The van der Waals surface area contributed by atoms with Crippen LogP contribution in [0.5, 0.6) is 5.75 Å². The first-order chi connectivity index (χ1) is 7.75. The number of hydrogen-bond donors (Lipinski definition) is 0. The predicted molar refractivity (Wildman–Crippen MR) is 62.8 cm³/mol. The number of pyridine rings is 1. The van der Waals surface area contributed by atoms with Gasteiger partial charge in [-0.15, -0.1) is 0 Å². The first-order valence-corrected chi connectivity index (χ1v) is 6.09. The highest BCUT2D eigenvalue weighted by Crippen LogP contribution is 2.46. The highest BCUT2D eigenvalue weighted by molar-refractivity contribution is 6.30. The maximum Gasteiger partial charge on any atom is 0.171 e. The summed E-state index contributed by atoms with van der Waals surface area (Å²) in [5.74, 6) is 1.61. The molecule has 16 heavy (non-hydrogen) atoms. The Morgan fingerprint density at radius 3 is 3.12 bits per heavy atom. The first kappa shape index (κ1) is 10.4. The van der Waals surface area contributed by atoms with Crippen molar-refractivity contribution in [2.24, 2.45) is 5.92 Å². The van der Waals surface area contributed by atoms with Gasteiger partial charge in [0.1, 0.15) is 6.61 Å². The Hall–Kier alpha value is -0.800. The topological polar surface area (TPSA) is 25.4 Å². The van der Waals surface area contributed by atoms with Gasteiger partial charge in [-0.3, -0.25) is 4.90 Å². The summed E-state index contributed by atoms with van der Waals surface area (Å²) in [5, 5.41) is 0.452. The van der Waals surface area contributed by atoms with Crippen molar-refractivity contribution in [1.82, 2.24) is 9.88 Å². The summed E-state index contributed by atoms with van der Waals surface area (Å²) in [6, 6.07) is 5.07. The zero-order valence-electron chi connectivity index (χ0n) is 9.27. The molecule has 3 rings (SSSR count). The van der Waals surface area contributed by atoms with Gasteiger partial charge in [0, 0.05) is 18.3 Å². The van der Waals surface area contributed by atoms with Crippen LogP contribution in [0, 0.1) is 5.92 Å². The number of halogens is 1. The van der Waals surface area contributed by atoms with Gasteiger partial charge in [-0.2, -0.15) is 0 Å². The smallest absolute Gasteiger partial charge is 0.171 e. The number of fused-ring (bicyclic) bond motifs is 1. The van der Waals surface area contributed by atoms with E-state index in [0.29, 0.717) is 16.9 Å². The highest BCUT2D eigenvalue weighted by atomic mass is 35.5. The molecule has 0 radical (unpaired) electrons. The molecule has 3 atom stereocenters. The van der Waals surface area contributed by atoms with Crippen molar-refractivity contribution in [3.05, 3.63) is 23.5 Å². The normalized spacial score (nSPS) is 32.5. The molecule has 2 fully saturated rings. The average Bonchev–Trinajstić information content (AvgIpc) is 2.98. The van der Waals surface area contributed by atoms with E-state index in [1.807, 2.05) is 12.1 Å². The van der Waals surface area contributed by atoms with Crippen LogP contribution in [0.1, 0.15) is 12.8 Å². The molecule has 1 saturated heterocycles. The van der Waals surface area contributed by atoms with E-state index in [1.165, 1.54) is 12.8 Å². The maximum absolute atomic E-state index is 5.93. The second kappa shape index (κ2) is 3.90. The largest absolute Gasteiger partial charge is 0.489 e. The van der Waals surface area contributed by atoms with Crippen LogP contribution in [0.3, 0.4) is 0 Å². The molecule has 1 saturated carbocycles. The number of likely N-dealkylation sites (tertiary alicyclic amines) is 1. The molecule has 1 aliphatic carbocycles. The quantitative estimate of drug-likeness (QED) is 0.755. The number of nitrogens with zero attached hydrogens (tertiary/aromatic N) is 2. The second-order valence-corrected chi connectivity index (χ2v) is 5.08. The number of piperidine rings is 1. The SMILES string of the molecule is CN1C(COc2cccnc2Cl)CC2CC21. The average molecular weight is 239 g/mol. The molecule has 1 aliphatic heterocycles. The Balaban J connectivity index is 1.59. The Labute approximate surface area is 100 Å². The molecule has 1 aromatic rings. The van der Waals surface area contributed by atoms with E-state index in [4.69, 9.17) is 16.3 Å². The monoisotopic (exact) mass is 238 g/mol. The molecule has 2 aliphatic rings. The Morgan fingerprint density at radius 1 is 1.56 bits per heavy atom. The fraction of sp³-hybridized carbons (Fsp3) is 0.583. The third kappa shape index (κ3) is 1.78. The van der Waals surface area contributed by atoms with E-state index >= 15 is 0 Å². The number of ether oxygens (including phenoxy) is 1. The van der Waals surface area contributed by atoms with Gasteiger partial charge in [-0.25, -0.2) is 4.98 Å². The molecule has 4 heteroatoms. The molecule has 86 valence electrons. The molecule has 3 nitrogen and oxygen atoms in total. The highest BCUT2D eigenvalue weighted by Gasteiger charge is 2.50. The lowest BCUT2D eigenvalue weighted by atomic mass is 10.2. The van der Waals surface area contributed by atoms with Crippen molar-refractivity contribution >= 4 is 11.6 Å². The first-order valence-electron chi connectivity index (χ1n) is 5.71. The van der Waals surface area contributed by atoms with Crippen LogP contribution in [0.25, 0.3) is 0 Å². The summed E-state index contributed by atoms with van der Waals surface area (Å²) < 4.78 is 5.72. The minimum atomic E-state index is 0.452. The molecule has 0 spiro atoms. The van der Waals surface area contributed by atoms with Gasteiger partial charge in [0.2, 0.25) is 0 Å². The van der Waals surface area contributed by atoms with Gasteiger partial charge in [0.25, 0.3) is 0 Å². The molecule has 1 aromatic heterocycles. The van der Waals surface area contributed by atoms with Crippen LogP contribution in [0.15, 0.2) is 18.3 Å². The minimum absolute atomic E-state index is 0.452. The molecule has 2 heterocycles. The van der Waals surface area contributed by atoms with Crippen LogP contribution < -0.4 is 4.74 Å². The van der Waals surface area contributed by atoms with Gasteiger partial charge < -0.3 is 4.74 Å². The van der Waals surface area contributed by atoms with Crippen molar-refractivity contribution in [2.45, 2.75) is 24.9 Å². The van der Waals surface area contributed by atoms with Crippen LogP contribution in [-0.4, -0.2) is 35.6 Å². The third-order valence-electron chi connectivity index (χ3n) is 3.72. The number of aromatic nitrogens is 1. The summed E-state index contributed by atoms with van der Waals surface area (Å²) >= 11 is 5.93. The summed E-state index contributed by atoms with van der Waals surface area (Å²) in [4.78, 5) is 6.43. The summed E-state index contributed by atoms with van der Waals surface area (Å²) in [7, 11) is 2.19. The van der Waals surface area contributed by atoms with Crippen LogP contribution in [-0.2, 0) is 0 Å². The molecule has 0 bridgehead atoms. The van der Waals surface area contributed by atoms with E-state index in [-0.39, 0.29) is 0 Å². The standard InChI is InChI=1S/C12H15ClN2O/c1-15-9(5-8-6-10(8)15)7-16-11-3-2-4-14-12(11)13/h2-4,8-10H,5-7H2,1H3. The van der Waals surface area contributed by atoms with Crippen molar-refractivity contribution in [3.63, 3.8) is 0 Å². The van der Waals surface area contributed by atoms with Gasteiger partial charge in [0.05, 0.1) is 0 Å². The van der Waals surface area contributed by atoms with Crippen molar-refractivity contribution < 1.29 is 4.74 Å². The number of hydrogen-bond acceptors (Lipinski definition) is 3. The molecular formula is C12H15ClN2O. The molecule has 0 N–H and O–H groups in total. The van der Waals surface area contributed by atoms with E-state index in [1.54, 1.807) is 6.20 Å². The van der Waals surface area contributed by atoms with Crippen LogP contribution in [0.4, 0.5) is 0 Å². The summed E-state index contributed by atoms with van der Waals surface area (Å²) in [5.41, 5.74) is 0. The number of rotatable bonds is 3.